The van der Waals surface area contributed by atoms with E-state index in [4.69, 9.17) is 13.9 Å². The van der Waals surface area contributed by atoms with Crippen molar-refractivity contribution in [2.45, 2.75) is 13.8 Å². The highest BCUT2D eigenvalue weighted by atomic mass is 16.5. The molecule has 0 spiro atoms. The molecule has 0 unspecified atom stereocenters. The minimum Gasteiger partial charge on any atom is -0.495 e. The van der Waals surface area contributed by atoms with Crippen molar-refractivity contribution in [1.82, 2.24) is 0 Å². The molecule has 0 aliphatic heterocycles. The first-order valence-corrected chi connectivity index (χ1v) is 8.99. The second-order valence-corrected chi connectivity index (χ2v) is 6.43. The van der Waals surface area contributed by atoms with Crippen LogP contribution in [0.2, 0.25) is 0 Å². The maximum absolute atomic E-state index is 12.3. The molecule has 3 aromatic rings. The van der Waals surface area contributed by atoms with Crippen LogP contribution >= 0.6 is 0 Å². The van der Waals surface area contributed by atoms with Crippen molar-refractivity contribution in [1.29, 1.82) is 0 Å². The topological polar surface area (TPSA) is 89.8 Å². The maximum Gasteiger partial charge on any atom is 0.291 e. The number of benzene rings is 2. The molecule has 2 aromatic carbocycles. The van der Waals surface area contributed by atoms with Crippen LogP contribution in [0.5, 0.6) is 11.5 Å². The third-order valence-corrected chi connectivity index (χ3v) is 4.32. The average Bonchev–Trinajstić information content (AvgIpc) is 3.24. The molecular formula is C22H22N2O5. The number of aryl methyl sites for hydroxylation is 2. The van der Waals surface area contributed by atoms with E-state index in [0.717, 1.165) is 11.1 Å². The Morgan fingerprint density at radius 1 is 1.00 bits per heavy atom. The smallest absolute Gasteiger partial charge is 0.291 e. The summed E-state index contributed by atoms with van der Waals surface area (Å²) in [5.74, 6) is 0.523. The Morgan fingerprint density at radius 3 is 2.52 bits per heavy atom. The average molecular weight is 394 g/mol. The van der Waals surface area contributed by atoms with E-state index >= 15 is 0 Å². The molecule has 0 bridgehead atoms. The molecule has 0 aliphatic carbocycles. The van der Waals surface area contributed by atoms with Crippen molar-refractivity contribution in [3.63, 3.8) is 0 Å². The van der Waals surface area contributed by atoms with Gasteiger partial charge in [-0.2, -0.15) is 0 Å². The van der Waals surface area contributed by atoms with Gasteiger partial charge in [0.1, 0.15) is 11.5 Å². The summed E-state index contributed by atoms with van der Waals surface area (Å²) in [6, 6.07) is 13.8. The zero-order chi connectivity index (χ0) is 20.8. The van der Waals surface area contributed by atoms with E-state index in [9.17, 15) is 9.59 Å². The lowest BCUT2D eigenvalue weighted by molar-refractivity contribution is -0.118. The second kappa shape index (κ2) is 8.97. The van der Waals surface area contributed by atoms with Gasteiger partial charge in [-0.25, -0.2) is 0 Å². The quantitative estimate of drug-likeness (QED) is 0.628. The predicted molar refractivity (Wildman–Crippen MR) is 110 cm³/mol. The molecule has 7 heteroatoms. The summed E-state index contributed by atoms with van der Waals surface area (Å²) in [5, 5.41) is 5.45. The molecule has 2 N–H and O–H groups in total. The highest BCUT2D eigenvalue weighted by Gasteiger charge is 2.13. The van der Waals surface area contributed by atoms with Crippen molar-refractivity contribution in [3.8, 4) is 11.5 Å². The van der Waals surface area contributed by atoms with Crippen molar-refractivity contribution < 1.29 is 23.5 Å². The van der Waals surface area contributed by atoms with E-state index in [1.165, 1.54) is 13.4 Å². The Balaban J connectivity index is 1.65. The summed E-state index contributed by atoms with van der Waals surface area (Å²) in [5.41, 5.74) is 3.14. The fourth-order valence-corrected chi connectivity index (χ4v) is 2.62. The number of methoxy groups -OCH3 is 1. The van der Waals surface area contributed by atoms with Gasteiger partial charge in [-0.05, 0) is 67.4 Å². The number of nitrogens with one attached hydrogen (secondary N) is 2. The number of hydrogen-bond donors (Lipinski definition) is 2. The van der Waals surface area contributed by atoms with Crippen molar-refractivity contribution in [3.05, 3.63) is 71.7 Å². The monoisotopic (exact) mass is 394 g/mol. The van der Waals surface area contributed by atoms with Gasteiger partial charge in [0.25, 0.3) is 11.8 Å². The van der Waals surface area contributed by atoms with Crippen LogP contribution in [0.15, 0.2) is 59.2 Å². The lowest BCUT2D eigenvalue weighted by Gasteiger charge is -2.13. The molecule has 1 aromatic heterocycles. The molecule has 0 saturated carbocycles. The largest absolute Gasteiger partial charge is 0.495 e. The SMILES string of the molecule is COc1ccc(NC(=O)c2ccco2)cc1NC(=O)COc1ccc(C)c(C)c1. The zero-order valence-corrected chi connectivity index (χ0v) is 16.4. The molecule has 29 heavy (non-hydrogen) atoms. The van der Waals surface area contributed by atoms with Crippen LogP contribution in [0.25, 0.3) is 0 Å². The molecule has 0 aliphatic rings. The van der Waals surface area contributed by atoms with Crippen LogP contribution in [0.4, 0.5) is 11.4 Å². The number of furan rings is 1. The zero-order valence-electron chi connectivity index (χ0n) is 16.4. The van der Waals surface area contributed by atoms with Crippen LogP contribution < -0.4 is 20.1 Å². The van der Waals surface area contributed by atoms with Gasteiger partial charge in [-0.3, -0.25) is 9.59 Å². The summed E-state index contributed by atoms with van der Waals surface area (Å²) in [7, 11) is 1.50. The maximum atomic E-state index is 12.3. The van der Waals surface area contributed by atoms with Crippen LogP contribution in [-0.2, 0) is 4.79 Å². The normalized spacial score (nSPS) is 10.3. The molecule has 150 valence electrons. The van der Waals surface area contributed by atoms with Gasteiger partial charge in [-0.1, -0.05) is 6.07 Å². The Kier molecular flexibility index (Phi) is 6.19. The van der Waals surface area contributed by atoms with Crippen LogP contribution in [-0.4, -0.2) is 25.5 Å². The van der Waals surface area contributed by atoms with E-state index in [1.54, 1.807) is 30.3 Å². The molecular weight excluding hydrogens is 372 g/mol. The molecule has 2 amide bonds. The summed E-state index contributed by atoms with van der Waals surface area (Å²) >= 11 is 0. The molecule has 0 atom stereocenters. The Bertz CT molecular complexity index is 1010. The first-order valence-electron chi connectivity index (χ1n) is 8.99. The van der Waals surface area contributed by atoms with Crippen molar-refractivity contribution in [2.75, 3.05) is 24.4 Å². The van der Waals surface area contributed by atoms with E-state index in [2.05, 4.69) is 10.6 Å². The van der Waals surface area contributed by atoms with Crippen LogP contribution in [0.1, 0.15) is 21.7 Å². The predicted octanol–water partition coefficient (Wildman–Crippen LogP) is 4.17. The number of carbonyl (C=O) groups is 2. The van der Waals surface area contributed by atoms with Gasteiger partial charge < -0.3 is 24.5 Å². The van der Waals surface area contributed by atoms with Crippen molar-refractivity contribution >= 4 is 23.2 Å². The van der Waals surface area contributed by atoms with Gasteiger partial charge in [0.2, 0.25) is 0 Å². The summed E-state index contributed by atoms with van der Waals surface area (Å²) in [6.07, 6.45) is 1.42. The second-order valence-electron chi connectivity index (χ2n) is 6.43. The first-order chi connectivity index (χ1) is 14.0. The molecule has 0 fully saturated rings. The molecule has 7 nitrogen and oxygen atoms in total. The first kappa shape index (κ1) is 20.0. The van der Waals surface area contributed by atoms with Gasteiger partial charge in [-0.15, -0.1) is 0 Å². The lowest BCUT2D eigenvalue weighted by Crippen LogP contribution is -2.21. The lowest BCUT2D eigenvalue weighted by atomic mass is 10.1. The Hall–Kier alpha value is -3.74. The van der Waals surface area contributed by atoms with E-state index < -0.39 is 5.91 Å². The fourth-order valence-electron chi connectivity index (χ4n) is 2.62. The third kappa shape index (κ3) is 5.16. The number of anilines is 2. The molecule has 3 rings (SSSR count). The highest BCUT2D eigenvalue weighted by Crippen LogP contribution is 2.28. The van der Waals surface area contributed by atoms with Gasteiger partial charge in [0, 0.05) is 5.69 Å². The standard InChI is InChI=1S/C22H22N2O5/c1-14-6-8-17(11-15(14)2)29-13-21(25)24-18-12-16(7-9-19(18)27-3)23-22(26)20-5-4-10-28-20/h4-12H,13H2,1-3H3,(H,23,26)(H,24,25). The van der Waals surface area contributed by atoms with E-state index in [-0.39, 0.29) is 18.3 Å². The Morgan fingerprint density at radius 2 is 1.83 bits per heavy atom. The highest BCUT2D eigenvalue weighted by molar-refractivity contribution is 6.03. The van der Waals surface area contributed by atoms with Crippen LogP contribution in [0, 0.1) is 13.8 Å². The van der Waals surface area contributed by atoms with E-state index in [1.807, 2.05) is 32.0 Å². The summed E-state index contributed by atoms with van der Waals surface area (Å²) < 4.78 is 15.9. The summed E-state index contributed by atoms with van der Waals surface area (Å²) in [4.78, 5) is 24.5. The van der Waals surface area contributed by atoms with Crippen molar-refractivity contribution in [2.24, 2.45) is 0 Å². The van der Waals surface area contributed by atoms with Gasteiger partial charge in [0.15, 0.2) is 12.4 Å². The molecule has 0 radical (unpaired) electrons. The minimum absolute atomic E-state index is 0.158. The van der Waals surface area contributed by atoms with Gasteiger partial charge in [0.05, 0.1) is 19.1 Å². The van der Waals surface area contributed by atoms with E-state index in [0.29, 0.717) is 22.9 Å². The third-order valence-electron chi connectivity index (χ3n) is 4.32. The number of rotatable bonds is 7. The van der Waals surface area contributed by atoms with Gasteiger partial charge >= 0.3 is 0 Å². The number of carbonyl (C=O) groups excluding carboxylic acids is 2. The Labute approximate surface area is 168 Å². The summed E-state index contributed by atoms with van der Waals surface area (Å²) in [6.45, 7) is 3.83. The fraction of sp³-hybridized carbons (Fsp3) is 0.182. The number of amides is 2. The van der Waals surface area contributed by atoms with Crippen LogP contribution in [0.3, 0.4) is 0 Å². The molecule has 1 heterocycles. The number of hydrogen-bond acceptors (Lipinski definition) is 5. The number of ether oxygens (including phenoxy) is 2. The molecule has 0 saturated heterocycles. The minimum atomic E-state index is -0.393.